The van der Waals surface area contributed by atoms with Crippen LogP contribution in [0.2, 0.25) is 0 Å². The van der Waals surface area contributed by atoms with Gasteiger partial charge in [0.25, 0.3) is 0 Å². The smallest absolute Gasteiger partial charge is 0.191 e. The summed E-state index contributed by atoms with van der Waals surface area (Å²) in [6.45, 7) is 1.56. The van der Waals surface area contributed by atoms with E-state index in [1.807, 2.05) is 0 Å². The lowest BCUT2D eigenvalue weighted by atomic mass is 9.92. The molecule has 0 amide bonds. The highest BCUT2D eigenvalue weighted by molar-refractivity contribution is 5.82. The Bertz CT molecular complexity index is 198. The van der Waals surface area contributed by atoms with Crippen molar-refractivity contribution in [1.29, 1.82) is 0 Å². The lowest BCUT2D eigenvalue weighted by molar-refractivity contribution is 0.374. The maximum absolute atomic E-state index is 5.42. The van der Waals surface area contributed by atoms with E-state index < -0.39 is 0 Å². The monoisotopic (exact) mass is 196 g/mol. The van der Waals surface area contributed by atoms with Crippen LogP contribution in [-0.4, -0.2) is 31.1 Å². The summed E-state index contributed by atoms with van der Waals surface area (Å²) in [6.07, 6.45) is 6.25. The number of hydrogen-bond donors (Lipinski definition) is 3. The zero-order chi connectivity index (χ0) is 9.80. The van der Waals surface area contributed by atoms with Gasteiger partial charge in [-0.2, -0.15) is 0 Å². The molecule has 2 fully saturated rings. The van der Waals surface area contributed by atoms with Crippen molar-refractivity contribution in [3.8, 4) is 0 Å². The average molecular weight is 196 g/mol. The Morgan fingerprint density at radius 2 is 1.86 bits per heavy atom. The molecule has 1 saturated carbocycles. The van der Waals surface area contributed by atoms with Gasteiger partial charge in [-0.15, -0.1) is 0 Å². The van der Waals surface area contributed by atoms with E-state index >= 15 is 0 Å². The van der Waals surface area contributed by atoms with Crippen LogP contribution in [0, 0.1) is 0 Å². The van der Waals surface area contributed by atoms with Gasteiger partial charge in [0.2, 0.25) is 0 Å². The van der Waals surface area contributed by atoms with Crippen molar-refractivity contribution >= 4 is 5.96 Å². The van der Waals surface area contributed by atoms with Crippen molar-refractivity contribution in [2.45, 2.75) is 44.2 Å². The van der Waals surface area contributed by atoms with Gasteiger partial charge in [-0.05, 0) is 25.8 Å². The summed E-state index contributed by atoms with van der Waals surface area (Å²) in [4.78, 5) is 4.45. The molecule has 0 aromatic heterocycles. The van der Waals surface area contributed by atoms with Crippen molar-refractivity contribution in [2.75, 3.05) is 13.1 Å². The number of guanidine groups is 1. The Morgan fingerprint density at radius 1 is 1.21 bits per heavy atom. The maximum Gasteiger partial charge on any atom is 0.191 e. The molecule has 0 aromatic carbocycles. The fourth-order valence-electron chi connectivity index (χ4n) is 2.24. The fourth-order valence-corrected chi connectivity index (χ4v) is 2.24. The van der Waals surface area contributed by atoms with Crippen LogP contribution >= 0.6 is 0 Å². The largest absolute Gasteiger partial charge is 0.352 e. The van der Waals surface area contributed by atoms with Crippen LogP contribution in [0.4, 0.5) is 0 Å². The minimum Gasteiger partial charge on any atom is -0.352 e. The van der Waals surface area contributed by atoms with Crippen molar-refractivity contribution in [2.24, 2.45) is 10.7 Å². The van der Waals surface area contributed by atoms with E-state index in [1.54, 1.807) is 0 Å². The molecule has 2 unspecified atom stereocenters. The molecule has 1 saturated heterocycles. The van der Waals surface area contributed by atoms with Crippen LogP contribution in [0.25, 0.3) is 0 Å². The van der Waals surface area contributed by atoms with Crippen molar-refractivity contribution in [3.05, 3.63) is 0 Å². The van der Waals surface area contributed by atoms with Crippen LogP contribution in [0.5, 0.6) is 0 Å². The lowest BCUT2D eigenvalue weighted by Crippen LogP contribution is -2.36. The number of rotatable bonds is 3. The molecular formula is C10H20N4. The van der Waals surface area contributed by atoms with Gasteiger partial charge in [0.05, 0.1) is 0 Å². The molecular weight excluding hydrogens is 176 g/mol. The van der Waals surface area contributed by atoms with Crippen LogP contribution in [-0.2, 0) is 0 Å². The molecule has 4 heteroatoms. The Hall–Kier alpha value is -0.770. The molecule has 4 N–H and O–H groups in total. The second-order valence-corrected chi connectivity index (χ2v) is 4.16. The highest BCUT2D eigenvalue weighted by Crippen LogP contribution is 2.21. The summed E-state index contributed by atoms with van der Waals surface area (Å²) in [5.74, 6) is 0.996. The number of hydrogen-bond acceptors (Lipinski definition) is 2. The molecule has 2 atom stereocenters. The minimum atomic E-state index is 0.625. The van der Waals surface area contributed by atoms with Gasteiger partial charge in [-0.25, -0.2) is 0 Å². The van der Waals surface area contributed by atoms with E-state index in [9.17, 15) is 0 Å². The summed E-state index contributed by atoms with van der Waals surface area (Å²) < 4.78 is 0. The van der Waals surface area contributed by atoms with E-state index in [4.69, 9.17) is 5.73 Å². The maximum atomic E-state index is 5.42. The topological polar surface area (TPSA) is 62.4 Å². The number of nitrogens with two attached hydrogens (primary N) is 1. The molecule has 14 heavy (non-hydrogen) atoms. The van der Waals surface area contributed by atoms with Gasteiger partial charge >= 0.3 is 0 Å². The fraction of sp³-hybridized carbons (Fsp3) is 0.900. The minimum absolute atomic E-state index is 0.625. The lowest BCUT2D eigenvalue weighted by Gasteiger charge is -2.23. The summed E-state index contributed by atoms with van der Waals surface area (Å²) >= 11 is 0. The predicted molar refractivity (Wildman–Crippen MR) is 58.3 cm³/mol. The summed E-state index contributed by atoms with van der Waals surface area (Å²) in [5.41, 5.74) is 5.42. The molecule has 0 spiro atoms. The first-order chi connectivity index (χ1) is 6.90. The molecule has 0 radical (unpaired) electrons. The third kappa shape index (κ3) is 2.18. The van der Waals surface area contributed by atoms with E-state index in [0.717, 1.165) is 25.5 Å². The van der Waals surface area contributed by atoms with Crippen molar-refractivity contribution < 1.29 is 0 Å². The van der Waals surface area contributed by atoms with Crippen LogP contribution in [0.15, 0.2) is 4.99 Å². The molecule has 2 aliphatic rings. The first-order valence-electron chi connectivity index (χ1n) is 5.68. The summed E-state index contributed by atoms with van der Waals surface area (Å²) in [6, 6.07) is 1.25. The Morgan fingerprint density at radius 3 is 2.43 bits per heavy atom. The second kappa shape index (κ2) is 4.64. The molecule has 1 aliphatic heterocycles. The molecule has 4 nitrogen and oxygen atoms in total. The van der Waals surface area contributed by atoms with E-state index in [0.29, 0.717) is 12.1 Å². The average Bonchev–Trinajstić information content (AvgIpc) is 2.60. The SMILES string of the molecule is NCCCN=C1NC2CCCCC2N1. The Kier molecular flexibility index (Phi) is 3.24. The van der Waals surface area contributed by atoms with E-state index in [1.165, 1.54) is 25.7 Å². The number of fused-ring (bicyclic) bond motifs is 1. The molecule has 2 rings (SSSR count). The molecule has 0 aromatic rings. The summed E-state index contributed by atoms with van der Waals surface area (Å²) in [5, 5.41) is 6.90. The van der Waals surface area contributed by atoms with Gasteiger partial charge < -0.3 is 16.4 Å². The number of nitrogens with one attached hydrogen (secondary N) is 2. The Labute approximate surface area is 85.3 Å². The van der Waals surface area contributed by atoms with Crippen LogP contribution in [0.3, 0.4) is 0 Å². The first-order valence-corrected chi connectivity index (χ1v) is 5.68. The highest BCUT2D eigenvalue weighted by Gasteiger charge is 2.31. The Balaban J connectivity index is 1.83. The van der Waals surface area contributed by atoms with Gasteiger partial charge in [0.1, 0.15) is 0 Å². The standard InChI is InChI=1S/C10H20N4/c11-6-3-7-12-10-13-8-4-1-2-5-9(8)14-10/h8-9H,1-7,11H2,(H2,12,13,14). The molecule has 0 bridgehead atoms. The van der Waals surface area contributed by atoms with Gasteiger partial charge in [-0.3, -0.25) is 4.99 Å². The van der Waals surface area contributed by atoms with E-state index in [-0.39, 0.29) is 0 Å². The van der Waals surface area contributed by atoms with Crippen LogP contribution in [0.1, 0.15) is 32.1 Å². The number of nitrogens with zero attached hydrogens (tertiary/aromatic N) is 1. The summed E-state index contributed by atoms with van der Waals surface area (Å²) in [7, 11) is 0. The third-order valence-electron chi connectivity index (χ3n) is 3.04. The predicted octanol–water partition coefficient (Wildman–Crippen LogP) is 0.195. The van der Waals surface area contributed by atoms with Gasteiger partial charge in [-0.1, -0.05) is 12.8 Å². The first kappa shape index (κ1) is 9.77. The molecule has 1 aliphatic carbocycles. The highest BCUT2D eigenvalue weighted by atomic mass is 15.3. The molecule has 1 heterocycles. The van der Waals surface area contributed by atoms with Crippen molar-refractivity contribution in [1.82, 2.24) is 10.6 Å². The zero-order valence-corrected chi connectivity index (χ0v) is 8.63. The zero-order valence-electron chi connectivity index (χ0n) is 8.63. The van der Waals surface area contributed by atoms with Crippen LogP contribution < -0.4 is 16.4 Å². The van der Waals surface area contributed by atoms with E-state index in [2.05, 4.69) is 15.6 Å². The third-order valence-corrected chi connectivity index (χ3v) is 3.04. The second-order valence-electron chi connectivity index (χ2n) is 4.16. The van der Waals surface area contributed by atoms with Gasteiger partial charge in [0.15, 0.2) is 5.96 Å². The quantitative estimate of drug-likeness (QED) is 0.565. The van der Waals surface area contributed by atoms with Gasteiger partial charge in [0, 0.05) is 18.6 Å². The molecule has 80 valence electrons. The van der Waals surface area contributed by atoms with Crippen molar-refractivity contribution in [3.63, 3.8) is 0 Å². The number of aliphatic imine (C=N–C) groups is 1. The normalized spacial score (nSPS) is 30.5.